The first-order valence-corrected chi connectivity index (χ1v) is 4.60. The number of pyridine rings is 1. The lowest BCUT2D eigenvalue weighted by atomic mass is 10.2. The topological polar surface area (TPSA) is 48.1 Å². The van der Waals surface area contributed by atoms with Crippen LogP contribution in [0.1, 0.15) is 17.7 Å². The van der Waals surface area contributed by atoms with Gasteiger partial charge in [-0.15, -0.1) is 0 Å². The minimum Gasteiger partial charge on any atom is -0.494 e. The highest BCUT2D eigenvalue weighted by atomic mass is 79.9. The predicted octanol–water partition coefficient (Wildman–Crippen LogP) is 2.25. The molecule has 2 N–H and O–H groups in total. The standard InChI is InChI=1S/C8H9BrF2N2O/c1-14-7-5(2-12)13-3-4(9)6(7)8(10)11/h3,8H,2,12H2,1H3. The maximum absolute atomic E-state index is 12.6. The summed E-state index contributed by atoms with van der Waals surface area (Å²) < 4.78 is 30.3. The van der Waals surface area contributed by atoms with Gasteiger partial charge < -0.3 is 10.5 Å². The molecule has 0 radical (unpaired) electrons. The molecule has 14 heavy (non-hydrogen) atoms. The average molecular weight is 267 g/mol. The summed E-state index contributed by atoms with van der Waals surface area (Å²) in [6, 6.07) is 0. The Hall–Kier alpha value is -0.750. The van der Waals surface area contributed by atoms with Crippen LogP contribution >= 0.6 is 15.9 Å². The summed E-state index contributed by atoms with van der Waals surface area (Å²) in [6.45, 7) is 0.0656. The van der Waals surface area contributed by atoms with E-state index in [4.69, 9.17) is 10.5 Å². The molecule has 0 aliphatic carbocycles. The van der Waals surface area contributed by atoms with Gasteiger partial charge in [0.15, 0.2) is 5.75 Å². The second-order valence-corrected chi connectivity index (χ2v) is 3.36. The van der Waals surface area contributed by atoms with Crippen LogP contribution in [0.25, 0.3) is 0 Å². The Kier molecular flexibility index (Phi) is 3.77. The second-order valence-electron chi connectivity index (χ2n) is 2.50. The van der Waals surface area contributed by atoms with Crippen molar-refractivity contribution in [3.63, 3.8) is 0 Å². The first-order valence-electron chi connectivity index (χ1n) is 3.81. The van der Waals surface area contributed by atoms with Gasteiger partial charge in [-0.3, -0.25) is 4.98 Å². The van der Waals surface area contributed by atoms with Crippen LogP contribution in [0.5, 0.6) is 5.75 Å². The fourth-order valence-electron chi connectivity index (χ4n) is 1.10. The number of hydrogen-bond donors (Lipinski definition) is 1. The van der Waals surface area contributed by atoms with E-state index in [1.807, 2.05) is 0 Å². The van der Waals surface area contributed by atoms with Crippen LogP contribution in [-0.4, -0.2) is 12.1 Å². The molecule has 1 aromatic rings. The highest BCUT2D eigenvalue weighted by molar-refractivity contribution is 9.10. The van der Waals surface area contributed by atoms with Gasteiger partial charge in [0.2, 0.25) is 0 Å². The number of hydrogen-bond acceptors (Lipinski definition) is 3. The summed E-state index contributed by atoms with van der Waals surface area (Å²) in [7, 11) is 1.31. The molecular formula is C8H9BrF2N2O. The molecule has 0 aromatic carbocycles. The van der Waals surface area contributed by atoms with E-state index in [-0.39, 0.29) is 22.3 Å². The minimum atomic E-state index is -2.62. The van der Waals surface area contributed by atoms with Crippen LogP contribution in [0.3, 0.4) is 0 Å². The molecule has 1 aromatic heterocycles. The van der Waals surface area contributed by atoms with Gasteiger partial charge in [0.25, 0.3) is 6.43 Å². The number of rotatable bonds is 3. The van der Waals surface area contributed by atoms with E-state index in [1.54, 1.807) is 0 Å². The Morgan fingerprint density at radius 1 is 1.64 bits per heavy atom. The maximum Gasteiger partial charge on any atom is 0.268 e. The van der Waals surface area contributed by atoms with Gasteiger partial charge in [-0.1, -0.05) is 0 Å². The van der Waals surface area contributed by atoms with Crippen LogP contribution in [0.2, 0.25) is 0 Å². The summed E-state index contributed by atoms with van der Waals surface area (Å²) in [5, 5.41) is 0. The maximum atomic E-state index is 12.6. The van der Waals surface area contributed by atoms with Crippen LogP contribution in [0, 0.1) is 0 Å². The minimum absolute atomic E-state index is 0.0527. The highest BCUT2D eigenvalue weighted by Gasteiger charge is 2.21. The monoisotopic (exact) mass is 266 g/mol. The molecule has 1 rings (SSSR count). The van der Waals surface area contributed by atoms with E-state index >= 15 is 0 Å². The largest absolute Gasteiger partial charge is 0.494 e. The van der Waals surface area contributed by atoms with Crippen LogP contribution < -0.4 is 10.5 Å². The van der Waals surface area contributed by atoms with Crippen molar-refractivity contribution in [1.82, 2.24) is 4.98 Å². The molecule has 0 saturated heterocycles. The number of aromatic nitrogens is 1. The zero-order valence-corrected chi connectivity index (χ0v) is 9.01. The summed E-state index contributed by atoms with van der Waals surface area (Å²) in [5.74, 6) is 0.0527. The number of ether oxygens (including phenoxy) is 1. The summed E-state index contributed by atoms with van der Waals surface area (Å²) in [5.41, 5.74) is 5.46. The Morgan fingerprint density at radius 2 is 2.29 bits per heavy atom. The Bertz CT molecular complexity index is 333. The Balaban J connectivity index is 3.35. The van der Waals surface area contributed by atoms with Crippen molar-refractivity contribution in [2.24, 2.45) is 5.73 Å². The van der Waals surface area contributed by atoms with Crippen molar-refractivity contribution >= 4 is 15.9 Å². The molecular weight excluding hydrogens is 258 g/mol. The van der Waals surface area contributed by atoms with E-state index in [2.05, 4.69) is 20.9 Å². The Labute approximate surface area is 88.4 Å². The zero-order chi connectivity index (χ0) is 10.7. The van der Waals surface area contributed by atoms with Crippen LogP contribution in [-0.2, 0) is 6.54 Å². The van der Waals surface area contributed by atoms with Crippen molar-refractivity contribution in [2.45, 2.75) is 13.0 Å². The Morgan fingerprint density at radius 3 is 2.71 bits per heavy atom. The van der Waals surface area contributed by atoms with Crippen molar-refractivity contribution in [3.8, 4) is 5.75 Å². The number of nitrogens with zero attached hydrogens (tertiary/aromatic N) is 1. The smallest absolute Gasteiger partial charge is 0.268 e. The third kappa shape index (κ3) is 2.01. The molecule has 3 nitrogen and oxygen atoms in total. The molecule has 0 fully saturated rings. The van der Waals surface area contributed by atoms with Crippen molar-refractivity contribution in [2.75, 3.05) is 7.11 Å². The SMILES string of the molecule is COc1c(CN)ncc(Br)c1C(F)F. The fraction of sp³-hybridized carbons (Fsp3) is 0.375. The third-order valence-corrected chi connectivity index (χ3v) is 2.35. The third-order valence-electron chi connectivity index (χ3n) is 1.71. The van der Waals surface area contributed by atoms with E-state index < -0.39 is 6.43 Å². The zero-order valence-electron chi connectivity index (χ0n) is 7.43. The number of halogens is 3. The molecule has 1 heterocycles. The molecule has 0 bridgehead atoms. The van der Waals surface area contributed by atoms with Gasteiger partial charge >= 0.3 is 0 Å². The van der Waals surface area contributed by atoms with Crippen LogP contribution in [0.4, 0.5) is 8.78 Å². The lowest BCUT2D eigenvalue weighted by Gasteiger charge is -2.12. The molecule has 0 unspecified atom stereocenters. The van der Waals surface area contributed by atoms with Crippen molar-refractivity contribution in [3.05, 3.63) is 21.9 Å². The fourth-order valence-corrected chi connectivity index (χ4v) is 1.56. The quantitative estimate of drug-likeness (QED) is 0.913. The number of alkyl halides is 2. The first kappa shape index (κ1) is 11.3. The summed E-state index contributed by atoms with van der Waals surface area (Å²) >= 11 is 2.99. The molecule has 0 spiro atoms. The normalized spacial score (nSPS) is 10.7. The molecule has 0 saturated carbocycles. The second kappa shape index (κ2) is 4.65. The van der Waals surface area contributed by atoms with E-state index in [9.17, 15) is 8.78 Å². The molecule has 78 valence electrons. The number of methoxy groups -OCH3 is 1. The van der Waals surface area contributed by atoms with Crippen LogP contribution in [0.15, 0.2) is 10.7 Å². The van der Waals surface area contributed by atoms with Gasteiger partial charge in [-0.25, -0.2) is 8.78 Å². The molecule has 0 atom stereocenters. The van der Waals surface area contributed by atoms with E-state index in [0.717, 1.165) is 0 Å². The number of nitrogens with two attached hydrogens (primary N) is 1. The summed E-state index contributed by atoms with van der Waals surface area (Å²) in [4.78, 5) is 3.88. The van der Waals surface area contributed by atoms with Gasteiger partial charge in [0, 0.05) is 17.2 Å². The van der Waals surface area contributed by atoms with Crippen molar-refractivity contribution < 1.29 is 13.5 Å². The lowest BCUT2D eigenvalue weighted by molar-refractivity contribution is 0.145. The first-order chi connectivity index (χ1) is 6.61. The van der Waals surface area contributed by atoms with Gasteiger partial charge in [0.05, 0.1) is 18.4 Å². The van der Waals surface area contributed by atoms with Gasteiger partial charge in [-0.05, 0) is 15.9 Å². The molecule has 6 heteroatoms. The molecule has 0 aliphatic heterocycles. The molecule has 0 aliphatic rings. The summed E-state index contributed by atoms with van der Waals surface area (Å²) in [6.07, 6.45) is -1.32. The van der Waals surface area contributed by atoms with Crippen molar-refractivity contribution in [1.29, 1.82) is 0 Å². The van der Waals surface area contributed by atoms with Gasteiger partial charge in [-0.2, -0.15) is 0 Å². The highest BCUT2D eigenvalue weighted by Crippen LogP contribution is 2.36. The van der Waals surface area contributed by atoms with E-state index in [1.165, 1.54) is 13.3 Å². The lowest BCUT2D eigenvalue weighted by Crippen LogP contribution is -2.06. The van der Waals surface area contributed by atoms with E-state index in [0.29, 0.717) is 5.69 Å². The van der Waals surface area contributed by atoms with Gasteiger partial charge in [0.1, 0.15) is 0 Å². The average Bonchev–Trinajstić information content (AvgIpc) is 2.16. The molecule has 0 amide bonds. The predicted molar refractivity (Wildman–Crippen MR) is 51.3 cm³/mol.